The predicted octanol–water partition coefficient (Wildman–Crippen LogP) is 1.42. The van der Waals surface area contributed by atoms with E-state index in [-0.39, 0.29) is 5.75 Å². The minimum atomic E-state index is 0.277. The molecular formula is C17H30N4O2. The summed E-state index contributed by atoms with van der Waals surface area (Å²) in [6.45, 7) is 7.07. The fraction of sp³-hybridized carbons (Fsp3) is 0.588. The van der Waals surface area contributed by atoms with Gasteiger partial charge in [-0.2, -0.15) is 0 Å². The number of rotatable bonds is 10. The molecule has 0 amide bonds. The second-order valence-corrected chi connectivity index (χ2v) is 5.44. The smallest absolute Gasteiger partial charge is 0.191 e. The highest BCUT2D eigenvalue weighted by Gasteiger charge is 2.01. The molecule has 0 aliphatic rings. The predicted molar refractivity (Wildman–Crippen MR) is 94.9 cm³/mol. The molecule has 3 N–H and O–H groups in total. The van der Waals surface area contributed by atoms with Crippen molar-refractivity contribution >= 4 is 5.96 Å². The first-order chi connectivity index (χ1) is 11.2. The third-order valence-corrected chi connectivity index (χ3v) is 3.37. The van der Waals surface area contributed by atoms with E-state index in [4.69, 9.17) is 4.74 Å². The monoisotopic (exact) mass is 322 g/mol. The van der Waals surface area contributed by atoms with Gasteiger partial charge in [0.2, 0.25) is 0 Å². The van der Waals surface area contributed by atoms with E-state index >= 15 is 0 Å². The highest BCUT2D eigenvalue weighted by molar-refractivity contribution is 5.79. The maximum Gasteiger partial charge on any atom is 0.191 e. The molecule has 0 aliphatic heterocycles. The minimum absolute atomic E-state index is 0.277. The minimum Gasteiger partial charge on any atom is -0.508 e. The van der Waals surface area contributed by atoms with Crippen LogP contribution < -0.4 is 10.6 Å². The average molecular weight is 322 g/mol. The van der Waals surface area contributed by atoms with Crippen molar-refractivity contribution in [1.29, 1.82) is 0 Å². The Balaban J connectivity index is 2.35. The van der Waals surface area contributed by atoms with E-state index in [1.807, 2.05) is 12.1 Å². The molecule has 0 aromatic heterocycles. The lowest BCUT2D eigenvalue weighted by molar-refractivity contribution is 0.180. The van der Waals surface area contributed by atoms with Gasteiger partial charge in [-0.15, -0.1) is 0 Å². The number of aliphatic imine (C=N–C) groups is 1. The molecule has 0 aliphatic carbocycles. The second kappa shape index (κ2) is 11.7. The molecule has 1 rings (SSSR count). The van der Waals surface area contributed by atoms with E-state index in [0.29, 0.717) is 6.54 Å². The van der Waals surface area contributed by atoms with Crippen molar-refractivity contribution in [2.24, 2.45) is 4.99 Å². The van der Waals surface area contributed by atoms with E-state index in [1.54, 1.807) is 19.2 Å². The van der Waals surface area contributed by atoms with Gasteiger partial charge >= 0.3 is 0 Å². The van der Waals surface area contributed by atoms with Crippen LogP contribution in [-0.2, 0) is 11.3 Å². The van der Waals surface area contributed by atoms with Crippen molar-refractivity contribution in [1.82, 2.24) is 15.5 Å². The van der Waals surface area contributed by atoms with Crippen LogP contribution in [0.2, 0.25) is 0 Å². The SMILES string of the molecule is CCNC(=NCc1ccc(O)cc1)NCCN(C)CCCOC. The van der Waals surface area contributed by atoms with Crippen molar-refractivity contribution in [2.75, 3.05) is 46.9 Å². The number of nitrogens with one attached hydrogen (secondary N) is 2. The van der Waals surface area contributed by atoms with Crippen molar-refractivity contribution in [3.63, 3.8) is 0 Å². The van der Waals surface area contributed by atoms with Gasteiger partial charge in [-0.05, 0) is 38.1 Å². The van der Waals surface area contributed by atoms with E-state index in [0.717, 1.165) is 50.7 Å². The fourth-order valence-corrected chi connectivity index (χ4v) is 2.07. The first-order valence-electron chi connectivity index (χ1n) is 8.13. The van der Waals surface area contributed by atoms with Gasteiger partial charge in [-0.3, -0.25) is 0 Å². The maximum absolute atomic E-state index is 9.29. The molecule has 0 radical (unpaired) electrons. The first kappa shape index (κ1) is 19.3. The standard InChI is InChI=1S/C17H30N4O2/c1-4-18-17(19-10-12-21(2)11-5-13-23-3)20-14-15-6-8-16(22)9-7-15/h6-9,22H,4-5,10-14H2,1-3H3,(H2,18,19,20). The second-order valence-electron chi connectivity index (χ2n) is 5.44. The molecule has 130 valence electrons. The fourth-order valence-electron chi connectivity index (χ4n) is 2.07. The topological polar surface area (TPSA) is 69.1 Å². The van der Waals surface area contributed by atoms with Crippen molar-refractivity contribution in [3.8, 4) is 5.75 Å². The number of likely N-dealkylation sites (N-methyl/N-ethyl adjacent to an activating group) is 1. The Kier molecular flexibility index (Phi) is 9.83. The van der Waals surface area contributed by atoms with Crippen LogP contribution in [-0.4, -0.2) is 62.9 Å². The van der Waals surface area contributed by atoms with Crippen LogP contribution >= 0.6 is 0 Å². The van der Waals surface area contributed by atoms with Crippen LogP contribution in [0.3, 0.4) is 0 Å². The number of phenols is 1. The summed E-state index contributed by atoms with van der Waals surface area (Å²) in [5.41, 5.74) is 1.07. The Labute approximate surface area is 139 Å². The molecule has 0 unspecified atom stereocenters. The van der Waals surface area contributed by atoms with Crippen LogP contribution in [0, 0.1) is 0 Å². The molecule has 6 heteroatoms. The van der Waals surface area contributed by atoms with Gasteiger partial charge in [0.15, 0.2) is 5.96 Å². The molecule has 0 spiro atoms. The van der Waals surface area contributed by atoms with Crippen LogP contribution in [0.4, 0.5) is 0 Å². The Hall–Kier alpha value is -1.79. The number of methoxy groups -OCH3 is 1. The molecule has 0 saturated heterocycles. The zero-order valence-corrected chi connectivity index (χ0v) is 14.5. The van der Waals surface area contributed by atoms with Gasteiger partial charge in [-0.25, -0.2) is 4.99 Å². The number of hydrogen-bond donors (Lipinski definition) is 3. The van der Waals surface area contributed by atoms with Gasteiger partial charge < -0.3 is 25.4 Å². The van der Waals surface area contributed by atoms with Crippen molar-refractivity contribution in [3.05, 3.63) is 29.8 Å². The summed E-state index contributed by atoms with van der Waals surface area (Å²) < 4.78 is 5.06. The number of nitrogens with zero attached hydrogens (tertiary/aromatic N) is 2. The molecule has 0 saturated carbocycles. The average Bonchev–Trinajstić information content (AvgIpc) is 2.54. The largest absolute Gasteiger partial charge is 0.508 e. The van der Waals surface area contributed by atoms with E-state index in [9.17, 15) is 5.11 Å². The Bertz CT molecular complexity index is 448. The van der Waals surface area contributed by atoms with Gasteiger partial charge in [0, 0.05) is 39.9 Å². The number of phenolic OH excluding ortho intramolecular Hbond substituents is 1. The van der Waals surface area contributed by atoms with Crippen LogP contribution in [0.15, 0.2) is 29.3 Å². The summed E-state index contributed by atoms with van der Waals surface area (Å²) in [7, 11) is 3.84. The van der Waals surface area contributed by atoms with Gasteiger partial charge in [0.25, 0.3) is 0 Å². The number of hydrogen-bond acceptors (Lipinski definition) is 4. The molecule has 1 aromatic carbocycles. The first-order valence-corrected chi connectivity index (χ1v) is 8.13. The highest BCUT2D eigenvalue weighted by atomic mass is 16.5. The molecule has 23 heavy (non-hydrogen) atoms. The number of aromatic hydroxyl groups is 1. The highest BCUT2D eigenvalue weighted by Crippen LogP contribution is 2.10. The molecule has 1 aromatic rings. The van der Waals surface area contributed by atoms with Crippen molar-refractivity contribution in [2.45, 2.75) is 19.9 Å². The lowest BCUT2D eigenvalue weighted by atomic mass is 10.2. The van der Waals surface area contributed by atoms with E-state index in [1.165, 1.54) is 0 Å². The lowest BCUT2D eigenvalue weighted by Gasteiger charge is -2.18. The summed E-state index contributed by atoms with van der Waals surface area (Å²) in [4.78, 5) is 6.83. The zero-order valence-electron chi connectivity index (χ0n) is 14.5. The summed E-state index contributed by atoms with van der Waals surface area (Å²) >= 11 is 0. The quantitative estimate of drug-likeness (QED) is 0.345. The van der Waals surface area contributed by atoms with Gasteiger partial charge in [0.1, 0.15) is 5.75 Å². The number of ether oxygens (including phenoxy) is 1. The van der Waals surface area contributed by atoms with E-state index in [2.05, 4.69) is 34.5 Å². The molecule has 0 bridgehead atoms. The van der Waals surface area contributed by atoms with Crippen molar-refractivity contribution < 1.29 is 9.84 Å². The summed E-state index contributed by atoms with van der Waals surface area (Å²) in [6, 6.07) is 7.12. The lowest BCUT2D eigenvalue weighted by Crippen LogP contribution is -2.41. The summed E-state index contributed by atoms with van der Waals surface area (Å²) in [6.07, 6.45) is 1.04. The molecule has 0 atom stereocenters. The third kappa shape index (κ3) is 9.05. The Morgan fingerprint density at radius 3 is 2.61 bits per heavy atom. The van der Waals surface area contributed by atoms with E-state index < -0.39 is 0 Å². The van der Waals surface area contributed by atoms with Crippen LogP contribution in [0.5, 0.6) is 5.75 Å². The Morgan fingerprint density at radius 2 is 1.96 bits per heavy atom. The normalized spacial score (nSPS) is 11.7. The number of benzene rings is 1. The molecule has 0 fully saturated rings. The maximum atomic E-state index is 9.29. The zero-order chi connectivity index (χ0) is 16.9. The molecular weight excluding hydrogens is 292 g/mol. The van der Waals surface area contributed by atoms with Gasteiger partial charge in [-0.1, -0.05) is 12.1 Å². The van der Waals surface area contributed by atoms with Crippen LogP contribution in [0.25, 0.3) is 0 Å². The molecule has 0 heterocycles. The molecule has 6 nitrogen and oxygen atoms in total. The van der Waals surface area contributed by atoms with Gasteiger partial charge in [0.05, 0.1) is 6.54 Å². The summed E-state index contributed by atoms with van der Waals surface area (Å²) in [5, 5.41) is 15.9. The Morgan fingerprint density at radius 1 is 1.22 bits per heavy atom. The third-order valence-electron chi connectivity index (χ3n) is 3.37. The van der Waals surface area contributed by atoms with Crippen LogP contribution in [0.1, 0.15) is 18.9 Å². The summed E-state index contributed by atoms with van der Waals surface area (Å²) in [5.74, 6) is 1.09. The number of guanidine groups is 1.